The molecule has 0 aliphatic rings. The molecule has 0 saturated carbocycles. The average molecular weight is 495 g/mol. The SMILES string of the molecule is CCC(C)C(NS(=O)(=O)c1ccc(Cl)cc1)C(=O)Nc1nnc(-c2ccc(OC)cc2)s1. The van der Waals surface area contributed by atoms with Gasteiger partial charge in [0.15, 0.2) is 0 Å². The topological polar surface area (TPSA) is 110 Å². The minimum absolute atomic E-state index is 0.0284. The van der Waals surface area contributed by atoms with Crippen molar-refractivity contribution < 1.29 is 17.9 Å². The number of hydrogen-bond donors (Lipinski definition) is 2. The number of carbonyl (C=O) groups is 1. The van der Waals surface area contributed by atoms with Gasteiger partial charge < -0.3 is 4.74 Å². The van der Waals surface area contributed by atoms with Gasteiger partial charge in [-0.1, -0.05) is 43.2 Å². The normalized spacial score (nSPS) is 13.4. The summed E-state index contributed by atoms with van der Waals surface area (Å²) in [5.41, 5.74) is 0.825. The third-order valence-corrected chi connectivity index (χ3v) is 7.49. The second kappa shape index (κ2) is 10.4. The molecule has 0 fully saturated rings. The fraction of sp³-hybridized carbons (Fsp3) is 0.286. The van der Waals surface area contributed by atoms with E-state index < -0.39 is 22.0 Å². The molecule has 2 N–H and O–H groups in total. The Labute approximate surface area is 196 Å². The summed E-state index contributed by atoms with van der Waals surface area (Å²) in [6.07, 6.45) is 0.592. The Balaban J connectivity index is 1.76. The van der Waals surface area contributed by atoms with E-state index in [2.05, 4.69) is 20.2 Å². The summed E-state index contributed by atoms with van der Waals surface area (Å²) in [4.78, 5) is 13.0. The number of benzene rings is 2. The van der Waals surface area contributed by atoms with Gasteiger partial charge in [0.05, 0.1) is 12.0 Å². The molecule has 8 nitrogen and oxygen atoms in total. The summed E-state index contributed by atoms with van der Waals surface area (Å²) in [5.74, 6) is -0.0449. The Hall–Kier alpha value is -2.53. The van der Waals surface area contributed by atoms with E-state index in [0.29, 0.717) is 16.5 Å². The molecule has 11 heteroatoms. The minimum Gasteiger partial charge on any atom is -0.497 e. The molecule has 2 atom stereocenters. The Bertz CT molecular complexity index is 1170. The maximum absolute atomic E-state index is 13.0. The first-order valence-electron chi connectivity index (χ1n) is 9.80. The van der Waals surface area contributed by atoms with Gasteiger partial charge in [-0.3, -0.25) is 10.1 Å². The second-order valence-electron chi connectivity index (χ2n) is 7.07. The molecule has 3 aromatic rings. The number of aromatic nitrogens is 2. The van der Waals surface area contributed by atoms with Gasteiger partial charge in [-0.25, -0.2) is 8.42 Å². The number of hydrogen-bond acceptors (Lipinski definition) is 7. The number of sulfonamides is 1. The van der Waals surface area contributed by atoms with Crippen LogP contribution in [0.15, 0.2) is 53.4 Å². The van der Waals surface area contributed by atoms with Crippen LogP contribution in [0.5, 0.6) is 5.75 Å². The highest BCUT2D eigenvalue weighted by Gasteiger charge is 2.30. The zero-order chi connectivity index (χ0) is 23.3. The molecule has 3 rings (SSSR count). The lowest BCUT2D eigenvalue weighted by atomic mass is 9.99. The number of nitrogens with one attached hydrogen (secondary N) is 2. The molecule has 0 bridgehead atoms. The second-order valence-corrected chi connectivity index (χ2v) is 10.2. The molecule has 0 radical (unpaired) electrons. The van der Waals surface area contributed by atoms with Crippen LogP contribution in [-0.2, 0) is 14.8 Å². The molecule has 0 saturated heterocycles. The van der Waals surface area contributed by atoms with Crippen LogP contribution in [0.2, 0.25) is 5.02 Å². The van der Waals surface area contributed by atoms with Crippen molar-refractivity contribution in [3.05, 3.63) is 53.6 Å². The maximum Gasteiger partial charge on any atom is 0.244 e. The number of carbonyl (C=O) groups excluding carboxylic acids is 1. The van der Waals surface area contributed by atoms with Gasteiger partial charge >= 0.3 is 0 Å². The third-order valence-electron chi connectivity index (χ3n) is 4.89. The molecule has 2 aromatic carbocycles. The fourth-order valence-electron chi connectivity index (χ4n) is 2.82. The van der Waals surface area contributed by atoms with Gasteiger partial charge in [0.2, 0.25) is 21.1 Å². The summed E-state index contributed by atoms with van der Waals surface area (Å²) in [5, 5.41) is 12.1. The highest BCUT2D eigenvalue weighted by molar-refractivity contribution is 7.89. The zero-order valence-corrected chi connectivity index (χ0v) is 20.1. The van der Waals surface area contributed by atoms with Crippen LogP contribution in [0, 0.1) is 5.92 Å². The first kappa shape index (κ1) is 24.1. The third kappa shape index (κ3) is 5.83. The van der Waals surface area contributed by atoms with Crippen LogP contribution in [-0.4, -0.2) is 37.7 Å². The number of rotatable bonds is 9. The lowest BCUT2D eigenvalue weighted by Crippen LogP contribution is -2.47. The Morgan fingerprint density at radius 2 is 1.78 bits per heavy atom. The van der Waals surface area contributed by atoms with E-state index in [9.17, 15) is 13.2 Å². The lowest BCUT2D eigenvalue weighted by molar-refractivity contribution is -0.118. The van der Waals surface area contributed by atoms with Crippen LogP contribution in [0.4, 0.5) is 5.13 Å². The summed E-state index contributed by atoms with van der Waals surface area (Å²) >= 11 is 7.04. The summed E-state index contributed by atoms with van der Waals surface area (Å²) in [6, 6.07) is 12.0. The van der Waals surface area contributed by atoms with E-state index in [1.54, 1.807) is 26.2 Å². The highest BCUT2D eigenvalue weighted by Crippen LogP contribution is 2.28. The van der Waals surface area contributed by atoms with Gasteiger partial charge in [-0.15, -0.1) is 10.2 Å². The minimum atomic E-state index is -3.93. The first-order chi connectivity index (χ1) is 15.2. The molecule has 0 aliphatic carbocycles. The Morgan fingerprint density at radius 1 is 1.12 bits per heavy atom. The monoisotopic (exact) mass is 494 g/mol. The lowest BCUT2D eigenvalue weighted by Gasteiger charge is -2.22. The van der Waals surface area contributed by atoms with E-state index in [1.165, 1.54) is 35.6 Å². The van der Waals surface area contributed by atoms with Crippen LogP contribution in [0.1, 0.15) is 20.3 Å². The highest BCUT2D eigenvalue weighted by atomic mass is 35.5. The van der Waals surface area contributed by atoms with Crippen LogP contribution >= 0.6 is 22.9 Å². The van der Waals surface area contributed by atoms with Crippen LogP contribution < -0.4 is 14.8 Å². The molecule has 32 heavy (non-hydrogen) atoms. The first-order valence-corrected chi connectivity index (χ1v) is 12.5. The largest absolute Gasteiger partial charge is 0.497 e. The van der Waals surface area contributed by atoms with Gasteiger partial charge in [0.1, 0.15) is 16.8 Å². The average Bonchev–Trinajstić information content (AvgIpc) is 3.25. The van der Waals surface area contributed by atoms with Gasteiger partial charge in [-0.2, -0.15) is 4.72 Å². The van der Waals surface area contributed by atoms with Gasteiger partial charge in [-0.05, 0) is 54.4 Å². The van der Waals surface area contributed by atoms with Crippen molar-refractivity contribution in [3.63, 3.8) is 0 Å². The van der Waals surface area contributed by atoms with E-state index in [4.69, 9.17) is 16.3 Å². The van der Waals surface area contributed by atoms with E-state index >= 15 is 0 Å². The van der Waals surface area contributed by atoms with Crippen molar-refractivity contribution in [3.8, 4) is 16.3 Å². The molecule has 0 aliphatic heterocycles. The molecule has 1 aromatic heterocycles. The molecule has 2 unspecified atom stereocenters. The van der Waals surface area contributed by atoms with E-state index in [1.807, 2.05) is 19.1 Å². The predicted molar refractivity (Wildman–Crippen MR) is 126 cm³/mol. The summed E-state index contributed by atoms with van der Waals surface area (Å²) in [7, 11) is -2.34. The fourth-order valence-corrected chi connectivity index (χ4v) is 5.00. The van der Waals surface area contributed by atoms with Gasteiger partial charge in [0, 0.05) is 10.6 Å². The van der Waals surface area contributed by atoms with Crippen molar-refractivity contribution in [2.24, 2.45) is 5.92 Å². The molecule has 1 amide bonds. The van der Waals surface area contributed by atoms with Crippen LogP contribution in [0.3, 0.4) is 0 Å². The smallest absolute Gasteiger partial charge is 0.244 e. The van der Waals surface area contributed by atoms with Crippen molar-refractivity contribution in [2.45, 2.75) is 31.2 Å². The van der Waals surface area contributed by atoms with E-state index in [-0.39, 0.29) is 15.9 Å². The number of amides is 1. The van der Waals surface area contributed by atoms with Gasteiger partial charge in [0.25, 0.3) is 0 Å². The van der Waals surface area contributed by atoms with Crippen molar-refractivity contribution in [1.82, 2.24) is 14.9 Å². The number of anilines is 1. The molecule has 1 heterocycles. The Morgan fingerprint density at radius 3 is 2.38 bits per heavy atom. The zero-order valence-electron chi connectivity index (χ0n) is 17.7. The Kier molecular flexibility index (Phi) is 7.83. The number of ether oxygens (including phenoxy) is 1. The number of halogens is 1. The molecule has 170 valence electrons. The van der Waals surface area contributed by atoms with Crippen molar-refractivity contribution in [2.75, 3.05) is 12.4 Å². The van der Waals surface area contributed by atoms with Crippen molar-refractivity contribution >= 4 is 44.0 Å². The van der Waals surface area contributed by atoms with Crippen molar-refractivity contribution in [1.29, 1.82) is 0 Å². The predicted octanol–water partition coefficient (Wildman–Crippen LogP) is 4.20. The quantitative estimate of drug-likeness (QED) is 0.461. The number of nitrogens with zero attached hydrogens (tertiary/aromatic N) is 2. The van der Waals surface area contributed by atoms with E-state index in [0.717, 1.165) is 11.3 Å². The molecule has 0 spiro atoms. The standard InChI is InChI=1S/C21H23ClN4O4S2/c1-4-13(2)18(26-32(28,29)17-11-7-15(22)8-12-17)19(27)23-21-25-24-20(31-21)14-5-9-16(30-3)10-6-14/h5-13,18,26H,4H2,1-3H3,(H,23,25,27). The molecular formula is C21H23ClN4O4S2. The number of methoxy groups -OCH3 is 1. The summed E-state index contributed by atoms with van der Waals surface area (Å²) in [6.45, 7) is 3.69. The van der Waals surface area contributed by atoms with Crippen LogP contribution in [0.25, 0.3) is 10.6 Å². The summed E-state index contributed by atoms with van der Waals surface area (Å²) < 4.78 is 33.3. The maximum atomic E-state index is 13.0. The molecular weight excluding hydrogens is 472 g/mol.